The van der Waals surface area contributed by atoms with Crippen LogP contribution in [-0.2, 0) is 0 Å². The lowest BCUT2D eigenvalue weighted by atomic mass is 9.85. The van der Waals surface area contributed by atoms with Gasteiger partial charge < -0.3 is 10.6 Å². The molecule has 1 unspecified atom stereocenters. The normalized spacial score (nSPS) is 23.3. The van der Waals surface area contributed by atoms with Crippen LogP contribution in [0.25, 0.3) is 0 Å². The van der Waals surface area contributed by atoms with Gasteiger partial charge in [0.15, 0.2) is 0 Å². The summed E-state index contributed by atoms with van der Waals surface area (Å²) in [5.74, 6) is 0. The summed E-state index contributed by atoms with van der Waals surface area (Å²) in [4.78, 5) is 2.57. The number of hydrogen-bond donors (Lipinski definition) is 1. The Morgan fingerprint density at radius 1 is 1.31 bits per heavy atom. The van der Waals surface area contributed by atoms with Gasteiger partial charge in [0.05, 0.1) is 0 Å². The minimum atomic E-state index is 0.360. The quantitative estimate of drug-likeness (QED) is 0.706. The molecule has 0 aromatic rings. The van der Waals surface area contributed by atoms with Gasteiger partial charge in [-0.05, 0) is 44.3 Å². The van der Waals surface area contributed by atoms with Crippen LogP contribution in [0.1, 0.15) is 39.5 Å². The number of rotatable bonds is 5. The van der Waals surface area contributed by atoms with Crippen LogP contribution in [0.15, 0.2) is 0 Å². The van der Waals surface area contributed by atoms with Crippen molar-refractivity contribution in [3.8, 4) is 0 Å². The zero-order chi connectivity index (χ0) is 9.73. The first-order valence-electron chi connectivity index (χ1n) is 5.62. The van der Waals surface area contributed by atoms with Crippen LogP contribution in [0, 0.1) is 5.41 Å². The summed E-state index contributed by atoms with van der Waals surface area (Å²) in [6, 6.07) is 0. The summed E-state index contributed by atoms with van der Waals surface area (Å²) < 4.78 is 0. The third-order valence-electron chi connectivity index (χ3n) is 3.15. The Hall–Kier alpha value is -0.0800. The first-order valence-corrected chi connectivity index (χ1v) is 5.62. The van der Waals surface area contributed by atoms with E-state index >= 15 is 0 Å². The average Bonchev–Trinajstić information content (AvgIpc) is 2.57. The predicted octanol–water partition coefficient (Wildman–Crippen LogP) is 1.85. The molecule has 0 aromatic carbocycles. The van der Waals surface area contributed by atoms with Crippen molar-refractivity contribution in [2.24, 2.45) is 11.1 Å². The highest BCUT2D eigenvalue weighted by atomic mass is 15.1. The van der Waals surface area contributed by atoms with E-state index in [1.54, 1.807) is 0 Å². The van der Waals surface area contributed by atoms with Gasteiger partial charge in [-0.1, -0.05) is 20.3 Å². The van der Waals surface area contributed by atoms with Crippen molar-refractivity contribution in [2.75, 3.05) is 26.2 Å². The van der Waals surface area contributed by atoms with E-state index in [4.69, 9.17) is 5.73 Å². The van der Waals surface area contributed by atoms with E-state index in [0.717, 1.165) is 6.54 Å². The molecular weight excluding hydrogens is 160 g/mol. The van der Waals surface area contributed by atoms with Crippen LogP contribution in [0.3, 0.4) is 0 Å². The molecule has 1 saturated heterocycles. The van der Waals surface area contributed by atoms with Crippen LogP contribution in [0.4, 0.5) is 0 Å². The highest BCUT2D eigenvalue weighted by Crippen LogP contribution is 2.24. The van der Waals surface area contributed by atoms with E-state index in [1.165, 1.54) is 45.3 Å². The summed E-state index contributed by atoms with van der Waals surface area (Å²) in [6.07, 6.45) is 5.28. The first-order chi connectivity index (χ1) is 6.20. The fourth-order valence-electron chi connectivity index (χ4n) is 2.33. The maximum atomic E-state index is 5.84. The second kappa shape index (κ2) is 4.97. The van der Waals surface area contributed by atoms with E-state index < -0.39 is 0 Å². The van der Waals surface area contributed by atoms with Gasteiger partial charge in [-0.15, -0.1) is 0 Å². The average molecular weight is 184 g/mol. The number of nitrogens with zero attached hydrogens (tertiary/aromatic N) is 1. The van der Waals surface area contributed by atoms with Crippen molar-refractivity contribution < 1.29 is 0 Å². The zero-order valence-electron chi connectivity index (χ0n) is 9.18. The summed E-state index contributed by atoms with van der Waals surface area (Å²) in [5, 5.41) is 0. The van der Waals surface area contributed by atoms with Crippen molar-refractivity contribution >= 4 is 0 Å². The maximum Gasteiger partial charge on any atom is 0.00474 e. The number of likely N-dealkylation sites (tertiary alicyclic amines) is 1. The molecule has 0 aromatic heterocycles. The van der Waals surface area contributed by atoms with E-state index in [-0.39, 0.29) is 0 Å². The van der Waals surface area contributed by atoms with Crippen LogP contribution >= 0.6 is 0 Å². The van der Waals surface area contributed by atoms with Gasteiger partial charge in [0, 0.05) is 6.54 Å². The first kappa shape index (κ1) is 11.0. The standard InChI is InChI=1S/C11H24N2/c1-3-6-11(2,9-12)10-13-7-4-5-8-13/h3-10,12H2,1-2H3. The molecule has 0 aliphatic carbocycles. The van der Waals surface area contributed by atoms with Crippen LogP contribution in [0.2, 0.25) is 0 Å². The Bertz CT molecular complexity index is 141. The molecule has 78 valence electrons. The molecule has 1 heterocycles. The van der Waals surface area contributed by atoms with Gasteiger partial charge in [0.1, 0.15) is 0 Å². The second-order valence-electron chi connectivity index (χ2n) is 4.75. The molecule has 1 aliphatic rings. The van der Waals surface area contributed by atoms with Gasteiger partial charge in [-0.25, -0.2) is 0 Å². The summed E-state index contributed by atoms with van der Waals surface area (Å²) >= 11 is 0. The predicted molar refractivity (Wildman–Crippen MR) is 57.7 cm³/mol. The third-order valence-corrected chi connectivity index (χ3v) is 3.15. The van der Waals surface area contributed by atoms with Crippen molar-refractivity contribution in [3.05, 3.63) is 0 Å². The Morgan fingerprint density at radius 3 is 2.38 bits per heavy atom. The second-order valence-corrected chi connectivity index (χ2v) is 4.75. The monoisotopic (exact) mass is 184 g/mol. The molecule has 1 aliphatic heterocycles. The molecule has 0 saturated carbocycles. The van der Waals surface area contributed by atoms with Gasteiger partial charge in [-0.2, -0.15) is 0 Å². The lowest BCUT2D eigenvalue weighted by molar-refractivity contribution is 0.184. The van der Waals surface area contributed by atoms with Gasteiger partial charge in [0.25, 0.3) is 0 Å². The molecule has 0 amide bonds. The van der Waals surface area contributed by atoms with Crippen LogP contribution < -0.4 is 5.73 Å². The number of hydrogen-bond acceptors (Lipinski definition) is 2. The SMILES string of the molecule is CCCC(C)(CN)CN1CCCC1. The van der Waals surface area contributed by atoms with Gasteiger partial charge in [0.2, 0.25) is 0 Å². The fourth-order valence-corrected chi connectivity index (χ4v) is 2.33. The highest BCUT2D eigenvalue weighted by molar-refractivity contribution is 4.81. The Balaban J connectivity index is 2.36. The van der Waals surface area contributed by atoms with Crippen LogP contribution in [-0.4, -0.2) is 31.1 Å². The molecule has 1 atom stereocenters. The molecule has 0 radical (unpaired) electrons. The van der Waals surface area contributed by atoms with E-state index in [9.17, 15) is 0 Å². The zero-order valence-corrected chi connectivity index (χ0v) is 9.18. The maximum absolute atomic E-state index is 5.84. The van der Waals surface area contributed by atoms with Gasteiger partial charge >= 0.3 is 0 Å². The largest absolute Gasteiger partial charge is 0.330 e. The molecule has 0 bridgehead atoms. The van der Waals surface area contributed by atoms with Crippen molar-refractivity contribution in [3.63, 3.8) is 0 Å². The van der Waals surface area contributed by atoms with E-state index in [1.807, 2.05) is 0 Å². The molecule has 0 spiro atoms. The molecule has 1 fully saturated rings. The van der Waals surface area contributed by atoms with E-state index in [0.29, 0.717) is 5.41 Å². The Kier molecular flexibility index (Phi) is 4.20. The van der Waals surface area contributed by atoms with Crippen molar-refractivity contribution in [1.82, 2.24) is 4.90 Å². The minimum absolute atomic E-state index is 0.360. The smallest absolute Gasteiger partial charge is 0.00474 e. The lowest BCUT2D eigenvalue weighted by Crippen LogP contribution is -2.39. The lowest BCUT2D eigenvalue weighted by Gasteiger charge is -2.32. The van der Waals surface area contributed by atoms with Crippen molar-refractivity contribution in [2.45, 2.75) is 39.5 Å². The summed E-state index contributed by atoms with van der Waals surface area (Å²) in [5.41, 5.74) is 6.20. The highest BCUT2D eigenvalue weighted by Gasteiger charge is 2.25. The summed E-state index contributed by atoms with van der Waals surface area (Å²) in [7, 11) is 0. The Labute approximate surface area is 82.5 Å². The minimum Gasteiger partial charge on any atom is -0.330 e. The summed E-state index contributed by atoms with van der Waals surface area (Å²) in [6.45, 7) is 9.19. The molecular formula is C11H24N2. The molecule has 2 nitrogen and oxygen atoms in total. The molecule has 13 heavy (non-hydrogen) atoms. The van der Waals surface area contributed by atoms with E-state index in [2.05, 4.69) is 18.7 Å². The topological polar surface area (TPSA) is 29.3 Å². The molecule has 2 heteroatoms. The molecule has 2 N–H and O–H groups in total. The third kappa shape index (κ3) is 3.28. The molecule has 1 rings (SSSR count). The van der Waals surface area contributed by atoms with Crippen LogP contribution in [0.5, 0.6) is 0 Å². The van der Waals surface area contributed by atoms with Gasteiger partial charge in [-0.3, -0.25) is 0 Å². The fraction of sp³-hybridized carbons (Fsp3) is 1.00. The number of nitrogens with two attached hydrogens (primary N) is 1. The van der Waals surface area contributed by atoms with Crippen molar-refractivity contribution in [1.29, 1.82) is 0 Å². The Morgan fingerprint density at radius 2 is 1.92 bits per heavy atom.